The number of aliphatic hydroxyl groups excluding tert-OH is 2. The second kappa shape index (κ2) is 15.2. The maximum atomic E-state index is 12.4. The summed E-state index contributed by atoms with van der Waals surface area (Å²) in [5.41, 5.74) is 6.46. The van der Waals surface area contributed by atoms with Crippen molar-refractivity contribution < 1.29 is 44.6 Å². The van der Waals surface area contributed by atoms with Crippen LogP contribution in [0.5, 0.6) is 0 Å². The van der Waals surface area contributed by atoms with Gasteiger partial charge in [0.15, 0.2) is 0 Å². The molecular formula is C41H69N3O7+2. The number of aliphatic hydroxyl groups is 2. The zero-order valence-electron chi connectivity index (χ0n) is 31.5. The van der Waals surface area contributed by atoms with Crippen LogP contribution in [0.3, 0.4) is 0 Å². The van der Waals surface area contributed by atoms with Gasteiger partial charge in [-0.25, -0.2) is 0 Å². The summed E-state index contributed by atoms with van der Waals surface area (Å²) in [6.07, 6.45) is 18.2. The minimum Gasteiger partial charge on any atom is -0.465 e. The molecule has 51 heavy (non-hydrogen) atoms. The number of nitrogens with two attached hydrogens (primary N) is 3. The van der Waals surface area contributed by atoms with Crippen molar-refractivity contribution in [3.8, 4) is 0 Å². The Hall–Kier alpha value is -1.11. The Morgan fingerprint density at radius 2 is 1.80 bits per heavy atom. The molecule has 0 aromatic carbocycles. The summed E-state index contributed by atoms with van der Waals surface area (Å²) in [4.78, 5) is 12.4. The third-order valence-electron chi connectivity index (χ3n) is 16.1. The monoisotopic (exact) mass is 716 g/mol. The van der Waals surface area contributed by atoms with Crippen molar-refractivity contribution in [1.29, 1.82) is 0 Å². The Balaban J connectivity index is 1.12. The fraction of sp³-hybridized carbons (Fsp3) is 0.927. The lowest BCUT2D eigenvalue weighted by atomic mass is 9.45. The van der Waals surface area contributed by atoms with Crippen LogP contribution >= 0.6 is 0 Å². The molecule has 3 aliphatic heterocycles. The lowest BCUT2D eigenvalue weighted by Gasteiger charge is -2.61. The van der Waals surface area contributed by atoms with Crippen LogP contribution in [0.4, 0.5) is 0 Å². The molecule has 8 aliphatic rings. The Bertz CT molecular complexity index is 1250. The van der Waals surface area contributed by atoms with Gasteiger partial charge in [0, 0.05) is 38.2 Å². The van der Waals surface area contributed by atoms with E-state index in [1.165, 1.54) is 45.4 Å². The van der Waals surface area contributed by atoms with Crippen LogP contribution in [-0.2, 0) is 23.7 Å². The third kappa shape index (κ3) is 7.00. The van der Waals surface area contributed by atoms with Gasteiger partial charge in [-0.15, -0.1) is 0 Å². The average molecular weight is 716 g/mol. The standard InChI is InChI=1S/C41H67N3O7/c1-22(45)49-21-32-30-7-8-31-36-25(15-27(46)16-34(36)48-3)18-41(13-12-23(17-41)14-24-4-11-35(42)44-19-24)37(31)40(30)51-38(32)28-9-10-33(47)39-29(28)6-5-26(43-2)20-50-39/h5-6,23-40,43-44,46-47H,4,7-21,42H2,1-3H3/p+2. The van der Waals surface area contributed by atoms with E-state index in [0.717, 1.165) is 56.9 Å². The van der Waals surface area contributed by atoms with Crippen molar-refractivity contribution in [3.63, 3.8) is 0 Å². The van der Waals surface area contributed by atoms with E-state index in [2.05, 4.69) is 29.8 Å². The molecule has 0 bridgehead atoms. The van der Waals surface area contributed by atoms with Crippen LogP contribution in [0.15, 0.2) is 12.2 Å². The fourth-order valence-corrected chi connectivity index (χ4v) is 14.1. The molecule has 0 aromatic heterocycles. The van der Waals surface area contributed by atoms with Gasteiger partial charge >= 0.3 is 5.97 Å². The van der Waals surface area contributed by atoms with Crippen molar-refractivity contribution >= 4 is 5.97 Å². The van der Waals surface area contributed by atoms with Gasteiger partial charge < -0.3 is 39.8 Å². The molecule has 0 amide bonds. The third-order valence-corrected chi connectivity index (χ3v) is 16.1. The van der Waals surface area contributed by atoms with Gasteiger partial charge in [-0.2, -0.15) is 0 Å². The summed E-state index contributed by atoms with van der Waals surface area (Å²) in [6, 6.07) is 0.240. The fourth-order valence-electron chi connectivity index (χ4n) is 14.1. The van der Waals surface area contributed by atoms with Crippen molar-refractivity contribution in [3.05, 3.63) is 12.2 Å². The molecule has 5 saturated carbocycles. The normalized spacial score (nSPS) is 52.4. The quantitative estimate of drug-likeness (QED) is 0.198. The largest absolute Gasteiger partial charge is 0.465 e. The van der Waals surface area contributed by atoms with E-state index in [4.69, 9.17) is 24.7 Å². The molecule has 0 aromatic rings. The maximum absolute atomic E-state index is 12.4. The summed E-state index contributed by atoms with van der Waals surface area (Å²) >= 11 is 0. The summed E-state index contributed by atoms with van der Waals surface area (Å²) in [5, 5.41) is 26.9. The van der Waals surface area contributed by atoms with Crippen LogP contribution in [-0.4, -0.2) is 98.9 Å². The van der Waals surface area contributed by atoms with Crippen molar-refractivity contribution in [2.45, 2.75) is 139 Å². The lowest BCUT2D eigenvalue weighted by molar-refractivity contribution is -0.703. The molecule has 1 spiro atoms. The van der Waals surface area contributed by atoms with E-state index < -0.39 is 6.10 Å². The number of hydrogen-bond acceptors (Lipinski definition) is 8. The van der Waals surface area contributed by atoms with E-state index in [1.54, 1.807) is 0 Å². The molecule has 7 fully saturated rings. The molecule has 19 unspecified atom stereocenters. The second-order valence-corrected chi connectivity index (χ2v) is 18.8. The number of likely N-dealkylation sites (N-methyl/N-ethyl adjacent to an activating group) is 1. The molecule has 3 heterocycles. The molecule has 10 nitrogen and oxygen atoms in total. The molecule has 288 valence electrons. The van der Waals surface area contributed by atoms with E-state index >= 15 is 0 Å². The molecule has 19 atom stereocenters. The predicted molar refractivity (Wildman–Crippen MR) is 191 cm³/mol. The number of rotatable bonds is 7. The van der Waals surface area contributed by atoms with Gasteiger partial charge in [0.1, 0.15) is 18.8 Å². The summed E-state index contributed by atoms with van der Waals surface area (Å²) in [7, 11) is 3.94. The topological polar surface area (TPSA) is 154 Å². The minimum atomic E-state index is -0.481. The molecule has 8 N–H and O–H groups in total. The highest BCUT2D eigenvalue weighted by molar-refractivity contribution is 5.65. The average Bonchev–Trinajstić information content (AvgIpc) is 3.60. The first-order valence-corrected chi connectivity index (χ1v) is 21.0. The molecular weight excluding hydrogens is 646 g/mol. The number of ether oxygens (including phenoxy) is 4. The van der Waals surface area contributed by atoms with E-state index in [0.29, 0.717) is 49.2 Å². The van der Waals surface area contributed by atoms with Crippen molar-refractivity contribution in [2.24, 2.45) is 70.3 Å². The van der Waals surface area contributed by atoms with Crippen LogP contribution in [0.25, 0.3) is 0 Å². The van der Waals surface area contributed by atoms with Gasteiger partial charge in [0.2, 0.25) is 0 Å². The number of hydrogen-bond donors (Lipinski definition) is 5. The van der Waals surface area contributed by atoms with Gasteiger partial charge in [-0.1, -0.05) is 6.08 Å². The smallest absolute Gasteiger partial charge is 0.302 e. The van der Waals surface area contributed by atoms with E-state index in [-0.39, 0.29) is 71.9 Å². The zero-order chi connectivity index (χ0) is 35.4. The number of quaternary nitrogens is 2. The Kier molecular flexibility index (Phi) is 11.0. The SMILES string of the molecule is C[NH2+]C1C=CC2C(C3OC4C(CCC5C6C(CC(O)CC6OC)CC6(CCC(CC7CCC(N)[NH2+]C7)C6)C54)C3COC(C)=O)CCC(O)C2OC1. The molecule has 5 aliphatic carbocycles. The maximum Gasteiger partial charge on any atom is 0.302 e. The molecule has 2 saturated heterocycles. The Morgan fingerprint density at radius 3 is 2.57 bits per heavy atom. The highest BCUT2D eigenvalue weighted by Crippen LogP contribution is 2.68. The van der Waals surface area contributed by atoms with Gasteiger partial charge in [0.25, 0.3) is 0 Å². The van der Waals surface area contributed by atoms with Crippen LogP contribution < -0.4 is 16.4 Å². The lowest BCUT2D eigenvalue weighted by Crippen LogP contribution is -2.95. The van der Waals surface area contributed by atoms with Crippen molar-refractivity contribution in [1.82, 2.24) is 0 Å². The number of carbonyl (C=O) groups excluding carboxylic acids is 1. The van der Waals surface area contributed by atoms with Crippen LogP contribution in [0, 0.1) is 64.6 Å². The van der Waals surface area contributed by atoms with Gasteiger partial charge in [-0.05, 0) is 130 Å². The van der Waals surface area contributed by atoms with E-state index in [9.17, 15) is 15.0 Å². The van der Waals surface area contributed by atoms with E-state index in [1.807, 2.05) is 7.11 Å². The molecule has 10 heteroatoms. The van der Waals surface area contributed by atoms with Crippen molar-refractivity contribution in [2.75, 3.05) is 33.9 Å². The van der Waals surface area contributed by atoms with Gasteiger partial charge in [-0.3, -0.25) is 10.5 Å². The first-order valence-electron chi connectivity index (χ1n) is 21.0. The number of piperidine rings is 1. The number of fused-ring (bicyclic) bond motifs is 7. The molecule has 8 rings (SSSR count). The number of methoxy groups -OCH3 is 1. The predicted octanol–water partition coefficient (Wildman–Crippen LogP) is 1.72. The Labute approximate surface area is 305 Å². The highest BCUT2D eigenvalue weighted by atomic mass is 16.5. The number of esters is 1. The Morgan fingerprint density at radius 1 is 0.980 bits per heavy atom. The minimum absolute atomic E-state index is 0.0473. The summed E-state index contributed by atoms with van der Waals surface area (Å²) in [6.45, 7) is 3.69. The first-order chi connectivity index (χ1) is 24.7. The first kappa shape index (κ1) is 36.8. The zero-order valence-corrected chi connectivity index (χ0v) is 31.5. The molecule has 0 radical (unpaired) electrons. The second-order valence-electron chi connectivity index (χ2n) is 18.8. The van der Waals surface area contributed by atoms with Crippen LogP contribution in [0.1, 0.15) is 90.4 Å². The summed E-state index contributed by atoms with van der Waals surface area (Å²) in [5.74, 6) is 3.89. The highest BCUT2D eigenvalue weighted by Gasteiger charge is 2.66. The number of carbonyl (C=O) groups is 1. The summed E-state index contributed by atoms with van der Waals surface area (Å²) < 4.78 is 26.3. The van der Waals surface area contributed by atoms with Gasteiger partial charge in [0.05, 0.1) is 56.8 Å². The van der Waals surface area contributed by atoms with Crippen LogP contribution in [0.2, 0.25) is 0 Å².